The number of phosphoric acid groups is 1. The Kier molecular flexibility index (Phi) is 20.5. The SMILES string of the molecule is CCCCCCCCCC/C=C\C/C=C\CCC(=O)OC(CO)COP(=O)(O)OCC[N+](C)(C)C. The number of aliphatic hydroxyl groups excluding tert-OH is 1. The number of aliphatic hydroxyl groups is 1. The Hall–Kier alpha value is -1.02. The number of ether oxygens (including phenoxy) is 1. The van der Waals surface area contributed by atoms with Gasteiger partial charge in [0, 0.05) is 6.42 Å². The summed E-state index contributed by atoms with van der Waals surface area (Å²) in [6.07, 6.45) is 20.5. The first kappa shape index (κ1) is 34.0. The molecule has 2 N–H and O–H groups in total. The van der Waals surface area contributed by atoms with Gasteiger partial charge in [0.05, 0.1) is 34.4 Å². The molecule has 0 aromatic heterocycles. The van der Waals surface area contributed by atoms with Crippen molar-refractivity contribution >= 4 is 13.8 Å². The van der Waals surface area contributed by atoms with Crippen LogP contribution in [0.5, 0.6) is 0 Å². The third-order valence-electron chi connectivity index (χ3n) is 5.29. The molecule has 35 heavy (non-hydrogen) atoms. The van der Waals surface area contributed by atoms with E-state index in [0.717, 1.165) is 12.8 Å². The van der Waals surface area contributed by atoms with Gasteiger partial charge < -0.3 is 19.2 Å². The molecule has 0 aromatic rings. The van der Waals surface area contributed by atoms with Crippen LogP contribution in [-0.2, 0) is 23.1 Å². The normalized spacial score (nSPS) is 15.0. The molecule has 2 unspecified atom stereocenters. The Morgan fingerprint density at radius 3 is 2.11 bits per heavy atom. The maximum atomic E-state index is 12.0. The van der Waals surface area contributed by atoms with E-state index in [2.05, 4.69) is 19.1 Å². The van der Waals surface area contributed by atoms with Crippen molar-refractivity contribution in [3.8, 4) is 0 Å². The van der Waals surface area contributed by atoms with E-state index in [1.807, 2.05) is 33.3 Å². The summed E-state index contributed by atoms with van der Waals surface area (Å²) in [6, 6.07) is 0. The molecule has 0 saturated carbocycles. The second kappa shape index (κ2) is 21.1. The molecule has 2 atom stereocenters. The van der Waals surface area contributed by atoms with Crippen LogP contribution >= 0.6 is 7.82 Å². The maximum Gasteiger partial charge on any atom is 0.472 e. The summed E-state index contributed by atoms with van der Waals surface area (Å²) >= 11 is 0. The van der Waals surface area contributed by atoms with E-state index in [1.165, 1.54) is 51.4 Å². The van der Waals surface area contributed by atoms with Crippen LogP contribution in [0.2, 0.25) is 0 Å². The molecule has 0 spiro atoms. The molecule has 0 fully saturated rings. The summed E-state index contributed by atoms with van der Waals surface area (Å²) in [5, 5.41) is 9.36. The topological polar surface area (TPSA) is 102 Å². The number of hydrogen-bond donors (Lipinski definition) is 2. The average molecular weight is 521 g/mol. The van der Waals surface area contributed by atoms with Crippen molar-refractivity contribution in [3.05, 3.63) is 24.3 Å². The van der Waals surface area contributed by atoms with Crippen molar-refractivity contribution in [1.29, 1.82) is 0 Å². The number of carbonyl (C=O) groups is 1. The molecule has 0 aliphatic rings. The van der Waals surface area contributed by atoms with Gasteiger partial charge in [-0.3, -0.25) is 13.8 Å². The Labute approximate surface area is 213 Å². The number of carbonyl (C=O) groups excluding carboxylic acids is 1. The Bertz CT molecular complexity index is 632. The summed E-state index contributed by atoms with van der Waals surface area (Å²) in [4.78, 5) is 21.7. The maximum absolute atomic E-state index is 12.0. The summed E-state index contributed by atoms with van der Waals surface area (Å²) < 4.78 is 27.3. The molecule has 0 bridgehead atoms. The minimum Gasteiger partial charge on any atom is -0.457 e. The third-order valence-corrected chi connectivity index (χ3v) is 6.27. The molecule has 0 aliphatic heterocycles. The lowest BCUT2D eigenvalue weighted by Crippen LogP contribution is -2.37. The molecule has 0 radical (unpaired) electrons. The Morgan fingerprint density at radius 2 is 1.51 bits per heavy atom. The van der Waals surface area contributed by atoms with Gasteiger partial charge in [-0.25, -0.2) is 4.57 Å². The molecule has 0 aromatic carbocycles. The van der Waals surface area contributed by atoms with Crippen LogP contribution in [0.4, 0.5) is 0 Å². The molecule has 0 heterocycles. The fourth-order valence-electron chi connectivity index (χ4n) is 3.12. The number of quaternary nitrogens is 1. The van der Waals surface area contributed by atoms with E-state index in [-0.39, 0.29) is 13.0 Å². The van der Waals surface area contributed by atoms with Gasteiger partial charge in [-0.2, -0.15) is 0 Å². The van der Waals surface area contributed by atoms with E-state index in [9.17, 15) is 19.4 Å². The monoisotopic (exact) mass is 520 g/mol. The molecule has 0 rings (SSSR count). The highest BCUT2D eigenvalue weighted by Crippen LogP contribution is 2.43. The van der Waals surface area contributed by atoms with E-state index >= 15 is 0 Å². The first-order chi connectivity index (χ1) is 16.6. The smallest absolute Gasteiger partial charge is 0.457 e. The average Bonchev–Trinajstić information content (AvgIpc) is 2.78. The van der Waals surface area contributed by atoms with Gasteiger partial charge in [-0.1, -0.05) is 76.2 Å². The highest BCUT2D eigenvalue weighted by Gasteiger charge is 2.25. The van der Waals surface area contributed by atoms with Crippen LogP contribution in [0.1, 0.15) is 84.0 Å². The zero-order valence-corrected chi connectivity index (χ0v) is 23.4. The van der Waals surface area contributed by atoms with Gasteiger partial charge in [0.15, 0.2) is 0 Å². The fourth-order valence-corrected chi connectivity index (χ4v) is 3.86. The lowest BCUT2D eigenvalue weighted by atomic mass is 10.1. The third kappa shape index (κ3) is 24.5. The summed E-state index contributed by atoms with van der Waals surface area (Å²) in [6.45, 7) is 1.88. The molecular weight excluding hydrogens is 469 g/mol. The van der Waals surface area contributed by atoms with Gasteiger partial charge in [0.25, 0.3) is 0 Å². The van der Waals surface area contributed by atoms with Gasteiger partial charge in [0.2, 0.25) is 0 Å². The van der Waals surface area contributed by atoms with Gasteiger partial charge in [-0.15, -0.1) is 0 Å². The zero-order valence-electron chi connectivity index (χ0n) is 22.5. The number of phosphoric ester groups is 1. The Morgan fingerprint density at radius 1 is 0.914 bits per heavy atom. The van der Waals surface area contributed by atoms with Crippen molar-refractivity contribution in [2.24, 2.45) is 0 Å². The van der Waals surface area contributed by atoms with Crippen molar-refractivity contribution in [1.82, 2.24) is 0 Å². The number of allylic oxidation sites excluding steroid dienone is 4. The van der Waals surface area contributed by atoms with Crippen LogP contribution in [0.15, 0.2) is 24.3 Å². The number of nitrogens with zero attached hydrogens (tertiary/aromatic N) is 1. The number of esters is 1. The molecule has 0 amide bonds. The minimum atomic E-state index is -4.27. The lowest BCUT2D eigenvalue weighted by Gasteiger charge is -2.24. The van der Waals surface area contributed by atoms with Crippen molar-refractivity contribution in [2.75, 3.05) is 47.5 Å². The highest BCUT2D eigenvalue weighted by molar-refractivity contribution is 7.47. The molecule has 9 heteroatoms. The van der Waals surface area contributed by atoms with E-state index in [1.54, 1.807) is 0 Å². The van der Waals surface area contributed by atoms with E-state index < -0.39 is 33.1 Å². The summed E-state index contributed by atoms with van der Waals surface area (Å²) in [5.74, 6) is -0.499. The van der Waals surface area contributed by atoms with E-state index in [4.69, 9.17) is 13.8 Å². The summed E-state index contributed by atoms with van der Waals surface area (Å²) in [5.41, 5.74) is 0. The summed E-state index contributed by atoms with van der Waals surface area (Å²) in [7, 11) is 1.51. The van der Waals surface area contributed by atoms with Crippen molar-refractivity contribution < 1.29 is 37.6 Å². The number of unbranched alkanes of at least 4 members (excludes halogenated alkanes) is 8. The predicted octanol–water partition coefficient (Wildman–Crippen LogP) is 5.54. The minimum absolute atomic E-state index is 0.0432. The van der Waals surface area contributed by atoms with Crippen molar-refractivity contribution in [2.45, 2.75) is 90.1 Å². The quantitative estimate of drug-likeness (QED) is 0.0599. The second-order valence-electron chi connectivity index (χ2n) is 9.89. The number of hydrogen-bond acceptors (Lipinski definition) is 6. The molecule has 8 nitrogen and oxygen atoms in total. The van der Waals surface area contributed by atoms with Crippen LogP contribution in [0.3, 0.4) is 0 Å². The zero-order chi connectivity index (χ0) is 26.4. The molecule has 206 valence electrons. The lowest BCUT2D eigenvalue weighted by molar-refractivity contribution is -0.870. The van der Waals surface area contributed by atoms with E-state index in [0.29, 0.717) is 17.4 Å². The van der Waals surface area contributed by atoms with Gasteiger partial charge in [0.1, 0.15) is 19.3 Å². The molecule has 0 aliphatic carbocycles. The fraction of sp³-hybridized carbons (Fsp3) is 0.808. The standard InChI is InChI=1S/C26H50NO7P/c1-5-6-7-8-9-10-11-12-13-14-15-16-17-18-19-20-26(29)34-25(23-28)24-33-35(30,31)32-22-21-27(2,3)4/h14-15,17-18,25,28H,5-13,16,19-24H2,1-4H3/p+1/b15-14-,18-17-. The van der Waals surface area contributed by atoms with Crippen LogP contribution in [0, 0.1) is 0 Å². The number of likely N-dealkylation sites (N-methyl/N-ethyl adjacent to an activating group) is 1. The largest absolute Gasteiger partial charge is 0.472 e. The first-order valence-corrected chi connectivity index (χ1v) is 14.6. The van der Waals surface area contributed by atoms with Gasteiger partial charge >= 0.3 is 13.8 Å². The van der Waals surface area contributed by atoms with Crippen molar-refractivity contribution in [3.63, 3.8) is 0 Å². The Balaban J connectivity index is 3.87. The highest BCUT2D eigenvalue weighted by atomic mass is 31.2. The first-order valence-electron chi connectivity index (χ1n) is 13.1. The van der Waals surface area contributed by atoms with Crippen LogP contribution in [0.25, 0.3) is 0 Å². The molecule has 0 saturated heterocycles. The molecular formula is C26H51NO7P+. The van der Waals surface area contributed by atoms with Crippen LogP contribution < -0.4 is 0 Å². The van der Waals surface area contributed by atoms with Crippen LogP contribution in [-0.4, -0.2) is 74.1 Å². The second-order valence-corrected chi connectivity index (χ2v) is 11.3. The van der Waals surface area contributed by atoms with Gasteiger partial charge in [-0.05, 0) is 25.7 Å². The number of rotatable bonds is 23. The predicted molar refractivity (Wildman–Crippen MR) is 141 cm³/mol.